The molecule has 2 aromatic carbocycles. The van der Waals surface area contributed by atoms with Gasteiger partial charge in [-0.2, -0.15) is 5.10 Å². The number of pyridine rings is 1. The summed E-state index contributed by atoms with van der Waals surface area (Å²) in [5.41, 5.74) is 4.07. The molecule has 180 valence electrons. The van der Waals surface area contributed by atoms with Crippen LogP contribution in [0.4, 0.5) is 4.39 Å². The second kappa shape index (κ2) is 9.84. The monoisotopic (exact) mass is 473 g/mol. The molecule has 8 heteroatoms. The fourth-order valence-electron chi connectivity index (χ4n) is 4.45. The number of halogens is 1. The number of alkyl halides is 1. The van der Waals surface area contributed by atoms with E-state index in [2.05, 4.69) is 20.7 Å². The molecule has 0 aliphatic carbocycles. The summed E-state index contributed by atoms with van der Waals surface area (Å²) in [4.78, 5) is 17.4. The van der Waals surface area contributed by atoms with Crippen molar-refractivity contribution < 1.29 is 13.9 Å². The van der Waals surface area contributed by atoms with Crippen molar-refractivity contribution in [1.29, 1.82) is 0 Å². The van der Waals surface area contributed by atoms with Crippen molar-refractivity contribution in [2.45, 2.75) is 32.0 Å². The van der Waals surface area contributed by atoms with Crippen LogP contribution in [0.2, 0.25) is 0 Å². The Kier molecular flexibility index (Phi) is 6.46. The van der Waals surface area contributed by atoms with E-state index in [1.165, 1.54) is 0 Å². The summed E-state index contributed by atoms with van der Waals surface area (Å²) in [5, 5.41) is 11.2. The van der Waals surface area contributed by atoms with Crippen molar-refractivity contribution in [3.8, 4) is 22.8 Å². The minimum Gasteiger partial charge on any atom is -0.457 e. The van der Waals surface area contributed by atoms with Crippen molar-refractivity contribution >= 4 is 16.8 Å². The Morgan fingerprint density at radius 3 is 2.89 bits per heavy atom. The fraction of sp³-hybridized carbons (Fsp3) is 0.296. The van der Waals surface area contributed by atoms with Crippen molar-refractivity contribution in [2.75, 3.05) is 13.1 Å². The number of carbonyl (C=O) groups is 1. The van der Waals surface area contributed by atoms with E-state index in [0.717, 1.165) is 27.7 Å². The van der Waals surface area contributed by atoms with Gasteiger partial charge in [0.1, 0.15) is 17.7 Å². The molecule has 2 N–H and O–H groups in total. The number of nitrogens with one attached hydrogen (secondary N) is 2. The smallest absolute Gasteiger partial charge is 0.251 e. The van der Waals surface area contributed by atoms with Crippen LogP contribution in [0.5, 0.6) is 11.5 Å². The summed E-state index contributed by atoms with van der Waals surface area (Å²) in [7, 11) is 1.90. The number of rotatable bonds is 6. The second-order valence-electron chi connectivity index (χ2n) is 8.78. The lowest BCUT2D eigenvalue weighted by atomic mass is 9.98. The topological polar surface area (TPSA) is 81.1 Å². The van der Waals surface area contributed by atoms with Crippen LogP contribution in [-0.2, 0) is 13.5 Å². The van der Waals surface area contributed by atoms with Gasteiger partial charge in [0, 0.05) is 48.4 Å². The SMILES string of the molecule is CCc1cc(-c2cc(Oc3ccc4cnn(C)c4c3)ccn2)ccc1C(=O)N[C@H]1CCNC[C@H]1F. The molecule has 1 fully saturated rings. The third kappa shape index (κ3) is 4.88. The first-order chi connectivity index (χ1) is 17.0. The van der Waals surface area contributed by atoms with Crippen LogP contribution in [0, 0.1) is 0 Å². The van der Waals surface area contributed by atoms with Gasteiger partial charge in [0.25, 0.3) is 5.91 Å². The standard InChI is InChI=1S/C27H28FN5O2/c1-3-17-12-18(5-7-22(17)27(34)32-24-9-10-29-16-23(24)28)25-13-21(8-11-30-25)35-20-6-4-19-15-31-33(2)26(19)14-20/h4-8,11-15,23-24,29H,3,9-10,16H2,1-2H3,(H,32,34)/t23-,24+/m1/s1. The summed E-state index contributed by atoms with van der Waals surface area (Å²) in [6.07, 6.45) is 3.70. The highest BCUT2D eigenvalue weighted by atomic mass is 19.1. The predicted octanol–water partition coefficient (Wildman–Crippen LogP) is 4.42. The number of amides is 1. The Morgan fingerprint density at radius 1 is 1.20 bits per heavy atom. The van der Waals surface area contributed by atoms with Gasteiger partial charge >= 0.3 is 0 Å². The summed E-state index contributed by atoms with van der Waals surface area (Å²) < 4.78 is 22.1. The van der Waals surface area contributed by atoms with E-state index in [-0.39, 0.29) is 12.5 Å². The Morgan fingerprint density at radius 2 is 2.06 bits per heavy atom. The van der Waals surface area contributed by atoms with Crippen LogP contribution in [0.1, 0.15) is 29.3 Å². The van der Waals surface area contributed by atoms with Gasteiger partial charge in [-0.3, -0.25) is 14.5 Å². The van der Waals surface area contributed by atoms with E-state index in [0.29, 0.717) is 36.4 Å². The molecule has 1 aliphatic heterocycles. The number of aryl methyl sites for hydroxylation is 2. The summed E-state index contributed by atoms with van der Waals surface area (Å²) in [6.45, 7) is 2.97. The van der Waals surface area contributed by atoms with Crippen molar-refractivity contribution in [2.24, 2.45) is 7.05 Å². The first-order valence-corrected chi connectivity index (χ1v) is 11.9. The van der Waals surface area contributed by atoms with Gasteiger partial charge < -0.3 is 15.4 Å². The molecule has 1 aliphatic rings. The largest absolute Gasteiger partial charge is 0.457 e. The minimum atomic E-state index is -1.08. The molecule has 0 radical (unpaired) electrons. The first kappa shape index (κ1) is 23.0. The number of nitrogens with zero attached hydrogens (tertiary/aromatic N) is 3. The van der Waals surface area contributed by atoms with Gasteiger partial charge in [-0.15, -0.1) is 0 Å². The average Bonchev–Trinajstić information content (AvgIpc) is 3.25. The molecular formula is C27H28FN5O2. The van der Waals surface area contributed by atoms with Crippen LogP contribution in [0.25, 0.3) is 22.2 Å². The Hall–Kier alpha value is -3.78. The zero-order chi connectivity index (χ0) is 24.4. The molecule has 1 saturated heterocycles. The number of fused-ring (bicyclic) bond motifs is 1. The normalized spacial score (nSPS) is 17.9. The number of hydrogen-bond donors (Lipinski definition) is 2. The summed E-state index contributed by atoms with van der Waals surface area (Å²) >= 11 is 0. The average molecular weight is 474 g/mol. The zero-order valence-electron chi connectivity index (χ0n) is 19.8. The molecule has 7 nitrogen and oxygen atoms in total. The lowest BCUT2D eigenvalue weighted by molar-refractivity contribution is 0.0891. The highest BCUT2D eigenvalue weighted by Crippen LogP contribution is 2.29. The van der Waals surface area contributed by atoms with E-state index >= 15 is 0 Å². The van der Waals surface area contributed by atoms with E-state index < -0.39 is 12.2 Å². The molecule has 2 aromatic heterocycles. The molecule has 4 aromatic rings. The van der Waals surface area contributed by atoms with Crippen LogP contribution in [0.15, 0.2) is 60.9 Å². The summed E-state index contributed by atoms with van der Waals surface area (Å²) in [6, 6.07) is 14.7. The van der Waals surface area contributed by atoms with Gasteiger partial charge in [-0.25, -0.2) is 4.39 Å². The molecule has 1 amide bonds. The number of carbonyl (C=O) groups excluding carboxylic acids is 1. The molecule has 5 rings (SSSR count). The van der Waals surface area contributed by atoms with E-state index in [1.54, 1.807) is 12.3 Å². The predicted molar refractivity (Wildman–Crippen MR) is 133 cm³/mol. The van der Waals surface area contributed by atoms with Crippen molar-refractivity contribution in [3.05, 3.63) is 72.1 Å². The van der Waals surface area contributed by atoms with Gasteiger partial charge in [0.2, 0.25) is 0 Å². The maximum Gasteiger partial charge on any atom is 0.251 e. The van der Waals surface area contributed by atoms with Crippen LogP contribution < -0.4 is 15.4 Å². The third-order valence-electron chi connectivity index (χ3n) is 6.44. The molecule has 0 saturated carbocycles. The zero-order valence-corrected chi connectivity index (χ0v) is 19.8. The molecule has 3 heterocycles. The third-order valence-corrected chi connectivity index (χ3v) is 6.44. The second-order valence-corrected chi connectivity index (χ2v) is 8.78. The van der Waals surface area contributed by atoms with Crippen molar-refractivity contribution in [3.63, 3.8) is 0 Å². The Labute approximate surface area is 203 Å². The number of hydrogen-bond acceptors (Lipinski definition) is 5. The number of ether oxygens (including phenoxy) is 1. The van der Waals surface area contributed by atoms with Gasteiger partial charge in [-0.05, 0) is 55.3 Å². The number of benzene rings is 2. The van der Waals surface area contributed by atoms with Crippen LogP contribution in [0.3, 0.4) is 0 Å². The highest BCUT2D eigenvalue weighted by molar-refractivity contribution is 5.96. The molecular weight excluding hydrogens is 445 g/mol. The summed E-state index contributed by atoms with van der Waals surface area (Å²) in [5.74, 6) is 1.14. The lowest BCUT2D eigenvalue weighted by Crippen LogP contribution is -2.50. The molecule has 0 bridgehead atoms. The molecule has 2 atom stereocenters. The van der Waals surface area contributed by atoms with Crippen LogP contribution in [-0.4, -0.2) is 46.0 Å². The van der Waals surface area contributed by atoms with E-state index in [4.69, 9.17) is 4.74 Å². The Balaban J connectivity index is 1.36. The van der Waals surface area contributed by atoms with Gasteiger partial charge in [0.05, 0.1) is 23.4 Å². The van der Waals surface area contributed by atoms with E-state index in [9.17, 15) is 9.18 Å². The quantitative estimate of drug-likeness (QED) is 0.433. The maximum atomic E-state index is 14.2. The van der Waals surface area contributed by atoms with Gasteiger partial charge in [-0.1, -0.05) is 13.0 Å². The number of piperidine rings is 1. The van der Waals surface area contributed by atoms with E-state index in [1.807, 2.05) is 67.3 Å². The Bertz CT molecular complexity index is 1370. The molecule has 0 unspecified atom stereocenters. The van der Waals surface area contributed by atoms with Crippen LogP contribution >= 0.6 is 0 Å². The number of aromatic nitrogens is 3. The fourth-order valence-corrected chi connectivity index (χ4v) is 4.45. The van der Waals surface area contributed by atoms with Crippen molar-refractivity contribution in [1.82, 2.24) is 25.4 Å². The first-order valence-electron chi connectivity index (χ1n) is 11.9. The lowest BCUT2D eigenvalue weighted by Gasteiger charge is -2.27. The van der Waals surface area contributed by atoms with Gasteiger partial charge in [0.15, 0.2) is 0 Å². The maximum absolute atomic E-state index is 14.2. The molecule has 0 spiro atoms. The molecule has 35 heavy (non-hydrogen) atoms. The minimum absolute atomic E-state index is 0.237. The highest BCUT2D eigenvalue weighted by Gasteiger charge is 2.27.